The second kappa shape index (κ2) is 8.20. The molecule has 0 spiro atoms. The molecule has 0 radical (unpaired) electrons. The van der Waals surface area contributed by atoms with E-state index in [1.165, 1.54) is 6.08 Å². The van der Waals surface area contributed by atoms with Crippen LogP contribution in [0.1, 0.15) is 12.0 Å². The predicted octanol–water partition coefficient (Wildman–Crippen LogP) is 4.61. The molecule has 2 aromatic heterocycles. The van der Waals surface area contributed by atoms with E-state index in [1.807, 2.05) is 42.6 Å². The highest BCUT2D eigenvalue weighted by Gasteiger charge is 2.28. The lowest BCUT2D eigenvalue weighted by atomic mass is 9.96. The van der Waals surface area contributed by atoms with Crippen molar-refractivity contribution in [1.29, 1.82) is 0 Å². The molecule has 7 nitrogen and oxygen atoms in total. The number of nitrogens with zero attached hydrogens (tertiary/aromatic N) is 3. The van der Waals surface area contributed by atoms with Gasteiger partial charge in [0.1, 0.15) is 5.82 Å². The number of anilines is 4. The van der Waals surface area contributed by atoms with Crippen molar-refractivity contribution >= 4 is 45.6 Å². The Hall–Kier alpha value is -4.52. The Bertz CT molecular complexity index is 1410. The Morgan fingerprint density at radius 2 is 1.88 bits per heavy atom. The minimum absolute atomic E-state index is 0.0123. The Morgan fingerprint density at radius 1 is 1.03 bits per heavy atom. The molecule has 3 heterocycles. The molecule has 7 heteroatoms. The highest BCUT2D eigenvalue weighted by Crippen LogP contribution is 2.40. The van der Waals surface area contributed by atoms with Crippen LogP contribution in [0.15, 0.2) is 79.6 Å². The molecular weight excluding hydrogens is 414 g/mol. The van der Waals surface area contributed by atoms with Crippen molar-refractivity contribution in [3.05, 3.63) is 85.2 Å². The first kappa shape index (κ1) is 20.4. The molecule has 0 unspecified atom stereocenters. The van der Waals surface area contributed by atoms with E-state index in [0.717, 1.165) is 33.3 Å². The predicted molar refractivity (Wildman–Crippen MR) is 130 cm³/mol. The van der Waals surface area contributed by atoms with Crippen molar-refractivity contribution in [3.8, 4) is 11.1 Å². The van der Waals surface area contributed by atoms with Crippen LogP contribution in [0.2, 0.25) is 0 Å². The third-order valence-corrected chi connectivity index (χ3v) is 5.67. The molecule has 0 aliphatic carbocycles. The number of nitrogens with two attached hydrogens (primary N) is 1. The van der Waals surface area contributed by atoms with Gasteiger partial charge in [-0.1, -0.05) is 18.7 Å². The number of pyridine rings is 2. The highest BCUT2D eigenvalue weighted by atomic mass is 16.2. The molecule has 0 saturated heterocycles. The molecular formula is C26H21N5O2. The smallest absolute Gasteiger partial charge is 0.247 e. The maximum absolute atomic E-state index is 13.2. The molecule has 2 aromatic carbocycles. The fraction of sp³-hybridized carbons (Fsp3) is 0.0769. The van der Waals surface area contributed by atoms with Crippen molar-refractivity contribution in [2.24, 2.45) is 0 Å². The minimum atomic E-state index is -0.311. The summed E-state index contributed by atoms with van der Waals surface area (Å²) in [4.78, 5) is 35.5. The zero-order valence-electron chi connectivity index (χ0n) is 17.8. The summed E-state index contributed by atoms with van der Waals surface area (Å²) in [6, 6.07) is 16.9. The standard InChI is InChI=1S/C26H21N5O2/c1-2-24(32)30-19-4-3-5-20(13-19)31-25(33)11-8-18-15-28-22-9-6-16(12-21(22)26(18)31)17-7-10-23(27)29-14-17/h2-7,9-10,12-15H,1,8,11H2,(H2,27,29)(H,30,32). The molecule has 2 amide bonds. The first-order valence-electron chi connectivity index (χ1n) is 10.5. The van der Waals surface area contributed by atoms with Gasteiger partial charge >= 0.3 is 0 Å². The minimum Gasteiger partial charge on any atom is -0.384 e. The van der Waals surface area contributed by atoms with E-state index in [1.54, 1.807) is 29.3 Å². The van der Waals surface area contributed by atoms with Gasteiger partial charge in [0.2, 0.25) is 11.8 Å². The molecule has 33 heavy (non-hydrogen) atoms. The number of carbonyl (C=O) groups excluding carboxylic acids is 2. The second-order valence-electron chi connectivity index (χ2n) is 7.81. The third kappa shape index (κ3) is 3.80. The van der Waals surface area contributed by atoms with Gasteiger partial charge < -0.3 is 11.1 Å². The number of amides is 2. The Kier molecular flexibility index (Phi) is 5.06. The van der Waals surface area contributed by atoms with Crippen LogP contribution in [0, 0.1) is 0 Å². The summed E-state index contributed by atoms with van der Waals surface area (Å²) in [5, 5.41) is 3.63. The van der Waals surface area contributed by atoms with Crippen LogP contribution in [0.4, 0.5) is 22.9 Å². The molecule has 0 saturated carbocycles. The molecule has 0 bridgehead atoms. The molecule has 4 aromatic rings. The monoisotopic (exact) mass is 435 g/mol. The van der Waals surface area contributed by atoms with Crippen molar-refractivity contribution < 1.29 is 9.59 Å². The average Bonchev–Trinajstić information content (AvgIpc) is 2.84. The number of hydrogen-bond acceptors (Lipinski definition) is 5. The van der Waals surface area contributed by atoms with E-state index in [-0.39, 0.29) is 11.8 Å². The topological polar surface area (TPSA) is 101 Å². The number of nitrogens with one attached hydrogen (secondary N) is 1. The SMILES string of the molecule is C=CC(=O)Nc1cccc(N2C(=O)CCc3cnc4ccc(-c5ccc(N)nc5)cc4c32)c1. The van der Waals surface area contributed by atoms with Gasteiger partial charge in [0.25, 0.3) is 0 Å². The van der Waals surface area contributed by atoms with Gasteiger partial charge in [-0.3, -0.25) is 19.5 Å². The summed E-state index contributed by atoms with van der Waals surface area (Å²) in [6.07, 6.45) is 5.78. The third-order valence-electron chi connectivity index (χ3n) is 5.67. The van der Waals surface area contributed by atoms with E-state index in [0.29, 0.717) is 30.0 Å². The number of benzene rings is 2. The Labute approximate surface area is 190 Å². The van der Waals surface area contributed by atoms with Crippen LogP contribution in [-0.4, -0.2) is 21.8 Å². The lowest BCUT2D eigenvalue weighted by molar-refractivity contribution is -0.118. The Morgan fingerprint density at radius 3 is 2.67 bits per heavy atom. The van der Waals surface area contributed by atoms with Crippen molar-refractivity contribution in [2.45, 2.75) is 12.8 Å². The van der Waals surface area contributed by atoms with Crippen molar-refractivity contribution in [3.63, 3.8) is 0 Å². The molecule has 3 N–H and O–H groups in total. The van der Waals surface area contributed by atoms with Gasteiger partial charge in [-0.2, -0.15) is 0 Å². The molecule has 1 aliphatic rings. The van der Waals surface area contributed by atoms with Crippen molar-refractivity contribution in [2.75, 3.05) is 16.0 Å². The molecule has 0 fully saturated rings. The summed E-state index contributed by atoms with van der Waals surface area (Å²) in [6.45, 7) is 3.49. The van der Waals surface area contributed by atoms with E-state index < -0.39 is 0 Å². The lowest BCUT2D eigenvalue weighted by Crippen LogP contribution is -2.31. The van der Waals surface area contributed by atoms with Gasteiger partial charge in [0.05, 0.1) is 16.9 Å². The lowest BCUT2D eigenvalue weighted by Gasteiger charge is -2.31. The van der Waals surface area contributed by atoms with Gasteiger partial charge in [-0.25, -0.2) is 4.98 Å². The maximum atomic E-state index is 13.2. The van der Waals surface area contributed by atoms with Crippen LogP contribution in [0.5, 0.6) is 0 Å². The summed E-state index contributed by atoms with van der Waals surface area (Å²) in [5.41, 5.74) is 11.5. The average molecular weight is 435 g/mol. The number of carbonyl (C=O) groups is 2. The van der Waals surface area contributed by atoms with E-state index in [4.69, 9.17) is 5.73 Å². The van der Waals surface area contributed by atoms with Crippen LogP contribution in [0.3, 0.4) is 0 Å². The second-order valence-corrected chi connectivity index (χ2v) is 7.81. The zero-order valence-corrected chi connectivity index (χ0v) is 17.8. The summed E-state index contributed by atoms with van der Waals surface area (Å²) in [7, 11) is 0. The van der Waals surface area contributed by atoms with Crippen LogP contribution >= 0.6 is 0 Å². The van der Waals surface area contributed by atoms with Crippen LogP contribution in [0.25, 0.3) is 22.0 Å². The fourth-order valence-electron chi connectivity index (χ4n) is 4.09. The number of fused-ring (bicyclic) bond motifs is 3. The molecule has 0 atom stereocenters. The number of aromatic nitrogens is 2. The van der Waals surface area contributed by atoms with Gasteiger partial charge in [0.15, 0.2) is 0 Å². The van der Waals surface area contributed by atoms with E-state index in [9.17, 15) is 9.59 Å². The number of hydrogen-bond donors (Lipinski definition) is 2. The van der Waals surface area contributed by atoms with E-state index in [2.05, 4.69) is 21.9 Å². The summed E-state index contributed by atoms with van der Waals surface area (Å²) < 4.78 is 0. The molecule has 162 valence electrons. The normalized spacial score (nSPS) is 13.0. The number of nitrogen functional groups attached to an aromatic ring is 1. The summed E-state index contributed by atoms with van der Waals surface area (Å²) >= 11 is 0. The largest absolute Gasteiger partial charge is 0.384 e. The fourth-order valence-corrected chi connectivity index (χ4v) is 4.09. The molecule has 1 aliphatic heterocycles. The van der Waals surface area contributed by atoms with Crippen LogP contribution in [-0.2, 0) is 16.0 Å². The van der Waals surface area contributed by atoms with Crippen molar-refractivity contribution in [1.82, 2.24) is 9.97 Å². The van der Waals surface area contributed by atoms with Gasteiger partial charge in [-0.05, 0) is 66.1 Å². The first-order valence-corrected chi connectivity index (χ1v) is 10.5. The quantitative estimate of drug-likeness (QED) is 0.456. The van der Waals surface area contributed by atoms with Gasteiger partial charge in [-0.15, -0.1) is 0 Å². The van der Waals surface area contributed by atoms with Gasteiger partial charge in [0, 0.05) is 35.5 Å². The van der Waals surface area contributed by atoms with E-state index >= 15 is 0 Å². The zero-order chi connectivity index (χ0) is 22.9. The first-order chi connectivity index (χ1) is 16.0. The number of aryl methyl sites for hydroxylation is 1. The maximum Gasteiger partial charge on any atom is 0.247 e. The van der Waals surface area contributed by atoms with Crippen LogP contribution < -0.4 is 16.0 Å². The summed E-state index contributed by atoms with van der Waals surface area (Å²) in [5.74, 6) is 0.134. The molecule has 5 rings (SSSR count). The Balaban J connectivity index is 1.67. The number of rotatable bonds is 4. The highest BCUT2D eigenvalue weighted by molar-refractivity contribution is 6.11.